The molecule has 0 aromatic carbocycles. The molecule has 4 heteroatoms. The Labute approximate surface area is 95.5 Å². The van der Waals surface area contributed by atoms with Gasteiger partial charge in [-0.2, -0.15) is 0 Å². The van der Waals surface area contributed by atoms with Crippen molar-refractivity contribution in [1.29, 1.82) is 0 Å². The van der Waals surface area contributed by atoms with Gasteiger partial charge < -0.3 is 9.84 Å². The van der Waals surface area contributed by atoms with E-state index in [1.54, 1.807) is 13.8 Å². The summed E-state index contributed by atoms with van der Waals surface area (Å²) in [7, 11) is 1.51. The van der Waals surface area contributed by atoms with Gasteiger partial charge in [-0.3, -0.25) is 4.79 Å². The van der Waals surface area contributed by atoms with Crippen LogP contribution in [0.4, 0.5) is 0 Å². The molecule has 0 spiro atoms. The van der Waals surface area contributed by atoms with Crippen LogP contribution in [0.2, 0.25) is 0 Å². The average Bonchev–Trinajstić information content (AvgIpc) is 2.06. The molecule has 0 heterocycles. The molecule has 14 heavy (non-hydrogen) atoms. The third kappa shape index (κ3) is 5.41. The molecule has 0 saturated heterocycles. The van der Waals surface area contributed by atoms with Crippen molar-refractivity contribution in [2.24, 2.45) is 5.92 Å². The van der Waals surface area contributed by atoms with Crippen LogP contribution in [0.15, 0.2) is 11.8 Å². The number of aliphatic hydroxyl groups excluding tert-OH is 1. The largest absolute Gasteiger partial charge is 0.509 e. The number of hydrogen-bond acceptors (Lipinski definition) is 3. The first kappa shape index (κ1) is 16.1. The van der Waals surface area contributed by atoms with Crippen LogP contribution in [0.1, 0.15) is 27.2 Å². The van der Waals surface area contributed by atoms with Gasteiger partial charge in [-0.25, -0.2) is 0 Å². The second-order valence-corrected chi connectivity index (χ2v) is 3.26. The first-order chi connectivity index (χ1) is 6.02. The molecule has 3 nitrogen and oxygen atoms in total. The van der Waals surface area contributed by atoms with Crippen LogP contribution in [0.5, 0.6) is 0 Å². The number of carbonyl (C=O) groups excluding carboxylic acids is 1. The van der Waals surface area contributed by atoms with Crippen LogP contribution in [0.3, 0.4) is 0 Å². The number of aliphatic hydroxyl groups is 1. The molecule has 0 aliphatic heterocycles. The van der Waals surface area contributed by atoms with E-state index in [9.17, 15) is 9.90 Å². The zero-order valence-corrected chi connectivity index (χ0v) is 10.0. The monoisotopic (exact) mass is 244 g/mol. The van der Waals surface area contributed by atoms with Gasteiger partial charge in [0.25, 0.3) is 0 Å². The molecule has 0 saturated carbocycles. The zero-order valence-electron chi connectivity index (χ0n) is 9.02. The molecule has 0 aliphatic rings. The molecule has 0 bridgehead atoms. The summed E-state index contributed by atoms with van der Waals surface area (Å²) >= 11 is 0. The summed E-state index contributed by atoms with van der Waals surface area (Å²) in [5, 5.41) is 9.44. The van der Waals surface area contributed by atoms with Crippen LogP contribution in [0, 0.1) is 5.92 Å². The van der Waals surface area contributed by atoms with Gasteiger partial charge in [0.2, 0.25) is 0 Å². The summed E-state index contributed by atoms with van der Waals surface area (Å²) in [5.74, 6) is -0.145. The van der Waals surface area contributed by atoms with Crippen LogP contribution in [-0.4, -0.2) is 24.1 Å². The van der Waals surface area contributed by atoms with Gasteiger partial charge in [0.15, 0.2) is 5.78 Å². The average molecular weight is 245 g/mol. The number of methoxy groups -OCH3 is 1. The second kappa shape index (κ2) is 8.01. The molecule has 1 N–H and O–H groups in total. The minimum absolute atomic E-state index is 0. The van der Waals surface area contributed by atoms with Gasteiger partial charge in [0.1, 0.15) is 11.9 Å². The summed E-state index contributed by atoms with van der Waals surface area (Å²) in [4.78, 5) is 11.2. The fraction of sp³-hybridized carbons (Fsp3) is 0.700. The molecular formula is C10H18NiO3. The van der Waals surface area contributed by atoms with E-state index in [0.29, 0.717) is 6.42 Å². The molecule has 0 aromatic heterocycles. The molecule has 0 rings (SSSR count). The molecule has 1 atom stereocenters. The Morgan fingerprint density at radius 1 is 1.50 bits per heavy atom. The maximum atomic E-state index is 11.2. The fourth-order valence-corrected chi connectivity index (χ4v) is 0.902. The van der Waals surface area contributed by atoms with E-state index in [-0.39, 0.29) is 40.1 Å². The van der Waals surface area contributed by atoms with E-state index in [0.717, 1.165) is 0 Å². The van der Waals surface area contributed by atoms with Crippen molar-refractivity contribution in [3.8, 4) is 0 Å². The fourth-order valence-electron chi connectivity index (χ4n) is 0.902. The quantitative estimate of drug-likeness (QED) is 0.458. The molecule has 0 fully saturated rings. The SMILES string of the molecule is CCC(OC)/C(O)=C/C(=O)C(C)C.[Ni]. The molecule has 0 aliphatic carbocycles. The number of ether oxygens (including phenoxy) is 1. The van der Waals surface area contributed by atoms with Crippen molar-refractivity contribution in [2.75, 3.05) is 7.11 Å². The number of ketones is 1. The third-order valence-electron chi connectivity index (χ3n) is 1.84. The van der Waals surface area contributed by atoms with Gasteiger partial charge in [0.05, 0.1) is 0 Å². The Morgan fingerprint density at radius 2 is 2.00 bits per heavy atom. The molecular weight excluding hydrogens is 227 g/mol. The van der Waals surface area contributed by atoms with Gasteiger partial charge in [-0.15, -0.1) is 0 Å². The van der Waals surface area contributed by atoms with Gasteiger partial charge in [0, 0.05) is 35.6 Å². The first-order valence-electron chi connectivity index (χ1n) is 4.50. The van der Waals surface area contributed by atoms with E-state index in [4.69, 9.17) is 4.74 Å². The van der Waals surface area contributed by atoms with E-state index in [2.05, 4.69) is 0 Å². The van der Waals surface area contributed by atoms with Crippen molar-refractivity contribution in [3.05, 3.63) is 11.8 Å². The maximum absolute atomic E-state index is 11.2. The second-order valence-electron chi connectivity index (χ2n) is 3.26. The van der Waals surface area contributed by atoms with Crippen molar-refractivity contribution >= 4 is 5.78 Å². The van der Waals surface area contributed by atoms with E-state index in [1.807, 2.05) is 6.92 Å². The van der Waals surface area contributed by atoms with Crippen LogP contribution >= 0.6 is 0 Å². The predicted octanol–water partition coefficient (Wildman–Crippen LogP) is 2.08. The van der Waals surface area contributed by atoms with Gasteiger partial charge in [-0.05, 0) is 6.42 Å². The summed E-state index contributed by atoms with van der Waals surface area (Å²) in [5.41, 5.74) is 0. The number of rotatable bonds is 5. The van der Waals surface area contributed by atoms with E-state index in [1.165, 1.54) is 13.2 Å². The Balaban J connectivity index is 0. The van der Waals surface area contributed by atoms with Crippen molar-refractivity contribution in [3.63, 3.8) is 0 Å². The van der Waals surface area contributed by atoms with Crippen LogP contribution in [-0.2, 0) is 26.0 Å². The summed E-state index contributed by atoms with van der Waals surface area (Å²) < 4.78 is 4.97. The standard InChI is InChI=1S/C10H18O3.Ni/c1-5-10(13-4)9(12)6-8(11)7(2)3;/h6-7,10,12H,5H2,1-4H3;/b9-6-;. The van der Waals surface area contributed by atoms with Crippen molar-refractivity contribution in [2.45, 2.75) is 33.3 Å². The summed E-state index contributed by atoms with van der Waals surface area (Å²) in [6, 6.07) is 0. The van der Waals surface area contributed by atoms with Gasteiger partial charge >= 0.3 is 0 Å². The molecule has 0 amide bonds. The predicted molar refractivity (Wildman–Crippen MR) is 51.6 cm³/mol. The Morgan fingerprint density at radius 3 is 2.29 bits per heavy atom. The van der Waals surface area contributed by atoms with Crippen LogP contribution in [0.25, 0.3) is 0 Å². The zero-order chi connectivity index (χ0) is 10.4. The third-order valence-corrected chi connectivity index (χ3v) is 1.84. The minimum Gasteiger partial charge on any atom is -0.509 e. The first-order valence-corrected chi connectivity index (χ1v) is 4.50. The molecule has 86 valence electrons. The normalized spacial score (nSPS) is 13.6. The maximum Gasteiger partial charge on any atom is 0.161 e. The minimum atomic E-state index is -0.359. The van der Waals surface area contributed by atoms with Crippen molar-refractivity contribution < 1.29 is 31.1 Å². The Hall–Kier alpha value is -0.336. The van der Waals surface area contributed by atoms with E-state index >= 15 is 0 Å². The topological polar surface area (TPSA) is 46.5 Å². The molecule has 0 aromatic rings. The summed E-state index contributed by atoms with van der Waals surface area (Å²) in [6.07, 6.45) is 1.55. The smallest absolute Gasteiger partial charge is 0.161 e. The number of hydrogen-bond donors (Lipinski definition) is 1. The number of allylic oxidation sites excluding steroid dienone is 1. The summed E-state index contributed by atoms with van der Waals surface area (Å²) in [6.45, 7) is 5.47. The van der Waals surface area contributed by atoms with E-state index < -0.39 is 0 Å². The molecule has 0 radical (unpaired) electrons. The Bertz CT molecular complexity index is 196. The Kier molecular flexibility index (Phi) is 9.22. The van der Waals surface area contributed by atoms with Gasteiger partial charge in [-0.1, -0.05) is 20.8 Å². The van der Waals surface area contributed by atoms with Crippen LogP contribution < -0.4 is 0 Å². The van der Waals surface area contributed by atoms with Crippen molar-refractivity contribution in [1.82, 2.24) is 0 Å². The molecule has 1 unspecified atom stereocenters. The number of carbonyl (C=O) groups is 1.